The Kier molecular flexibility index (Phi) is 5.25. The molecule has 1 atom stereocenters. The van der Waals surface area contributed by atoms with Crippen LogP contribution in [0.3, 0.4) is 0 Å². The van der Waals surface area contributed by atoms with Crippen LogP contribution in [0.4, 0.5) is 0 Å². The van der Waals surface area contributed by atoms with Crippen LogP contribution in [0, 0.1) is 0 Å². The molecule has 3 N–H and O–H groups in total. The molecule has 104 valence electrons. The predicted molar refractivity (Wildman–Crippen MR) is 66.0 cm³/mol. The molecular formula is C12H22N2O4. The van der Waals surface area contributed by atoms with Crippen molar-refractivity contribution in [3.05, 3.63) is 0 Å². The molecule has 0 saturated carbocycles. The second kappa shape index (κ2) is 6.26. The number of Topliss-reactive ketones (excluding diaryl/α,β-unsaturated/α-hetero) is 1. The van der Waals surface area contributed by atoms with E-state index in [9.17, 15) is 19.8 Å². The SMILES string of the molecule is CC(C)(O)CC(=O)CC(O)C(=O)N1CCNCC1. The van der Waals surface area contributed by atoms with Crippen LogP contribution in [0.1, 0.15) is 26.7 Å². The molecule has 1 fully saturated rings. The lowest BCUT2D eigenvalue weighted by Gasteiger charge is -2.29. The van der Waals surface area contributed by atoms with Crippen molar-refractivity contribution in [2.24, 2.45) is 0 Å². The highest BCUT2D eigenvalue weighted by Crippen LogP contribution is 2.11. The first-order valence-electron chi connectivity index (χ1n) is 6.21. The van der Waals surface area contributed by atoms with E-state index in [4.69, 9.17) is 0 Å². The number of ketones is 1. The summed E-state index contributed by atoms with van der Waals surface area (Å²) >= 11 is 0. The lowest BCUT2D eigenvalue weighted by atomic mass is 9.98. The summed E-state index contributed by atoms with van der Waals surface area (Å²) in [7, 11) is 0. The van der Waals surface area contributed by atoms with Crippen molar-refractivity contribution < 1.29 is 19.8 Å². The van der Waals surface area contributed by atoms with E-state index >= 15 is 0 Å². The van der Waals surface area contributed by atoms with Gasteiger partial charge in [-0.2, -0.15) is 0 Å². The molecule has 0 spiro atoms. The van der Waals surface area contributed by atoms with Gasteiger partial charge in [0.05, 0.1) is 5.60 Å². The number of nitrogens with zero attached hydrogens (tertiary/aromatic N) is 1. The average molecular weight is 258 g/mol. The minimum absolute atomic E-state index is 0.0567. The number of aliphatic hydroxyl groups excluding tert-OH is 1. The topological polar surface area (TPSA) is 89.9 Å². The molecular weight excluding hydrogens is 236 g/mol. The molecule has 6 heteroatoms. The lowest BCUT2D eigenvalue weighted by Crippen LogP contribution is -2.50. The number of rotatable bonds is 5. The van der Waals surface area contributed by atoms with Gasteiger partial charge in [-0.3, -0.25) is 9.59 Å². The number of hydrogen-bond donors (Lipinski definition) is 3. The number of hydrogen-bond acceptors (Lipinski definition) is 5. The van der Waals surface area contributed by atoms with Crippen LogP contribution >= 0.6 is 0 Å². The molecule has 1 rings (SSSR count). The minimum atomic E-state index is -1.29. The van der Waals surface area contributed by atoms with E-state index in [2.05, 4.69) is 5.32 Å². The Labute approximate surface area is 107 Å². The first-order valence-corrected chi connectivity index (χ1v) is 6.21. The predicted octanol–water partition coefficient (Wildman–Crippen LogP) is -1.10. The van der Waals surface area contributed by atoms with Gasteiger partial charge >= 0.3 is 0 Å². The molecule has 0 aromatic heterocycles. The first-order chi connectivity index (χ1) is 8.29. The van der Waals surface area contributed by atoms with Crippen LogP contribution in [0.15, 0.2) is 0 Å². The number of carbonyl (C=O) groups excluding carboxylic acids is 2. The van der Waals surface area contributed by atoms with E-state index in [0.717, 1.165) is 0 Å². The Balaban J connectivity index is 2.41. The summed E-state index contributed by atoms with van der Waals surface area (Å²) in [5, 5.41) is 22.3. The largest absolute Gasteiger partial charge is 0.390 e. The molecule has 0 radical (unpaired) electrons. The molecule has 1 unspecified atom stereocenters. The van der Waals surface area contributed by atoms with Gasteiger partial charge in [-0.15, -0.1) is 0 Å². The number of nitrogens with one attached hydrogen (secondary N) is 1. The van der Waals surface area contributed by atoms with E-state index in [1.807, 2.05) is 0 Å². The number of amides is 1. The zero-order chi connectivity index (χ0) is 13.8. The van der Waals surface area contributed by atoms with E-state index < -0.39 is 17.6 Å². The summed E-state index contributed by atoms with van der Waals surface area (Å²) in [4.78, 5) is 24.9. The van der Waals surface area contributed by atoms with Gasteiger partial charge in [0.25, 0.3) is 5.91 Å². The molecule has 1 saturated heterocycles. The van der Waals surface area contributed by atoms with Crippen molar-refractivity contribution in [1.82, 2.24) is 10.2 Å². The van der Waals surface area contributed by atoms with Crippen LogP contribution in [0.25, 0.3) is 0 Å². The van der Waals surface area contributed by atoms with Crippen molar-refractivity contribution in [3.63, 3.8) is 0 Å². The van der Waals surface area contributed by atoms with E-state index in [1.165, 1.54) is 13.8 Å². The smallest absolute Gasteiger partial charge is 0.251 e. The van der Waals surface area contributed by atoms with Gasteiger partial charge in [-0.05, 0) is 13.8 Å². The van der Waals surface area contributed by atoms with Gasteiger partial charge in [-0.1, -0.05) is 0 Å². The van der Waals surface area contributed by atoms with E-state index in [0.29, 0.717) is 26.2 Å². The van der Waals surface area contributed by atoms with Crippen LogP contribution in [-0.4, -0.2) is 64.7 Å². The van der Waals surface area contributed by atoms with Gasteiger partial charge in [-0.25, -0.2) is 0 Å². The maximum atomic E-state index is 11.8. The highest BCUT2D eigenvalue weighted by molar-refractivity contribution is 5.88. The zero-order valence-electron chi connectivity index (χ0n) is 11.0. The van der Waals surface area contributed by atoms with Crippen LogP contribution in [-0.2, 0) is 9.59 Å². The highest BCUT2D eigenvalue weighted by Gasteiger charge is 2.27. The molecule has 1 amide bonds. The maximum Gasteiger partial charge on any atom is 0.251 e. The third-order valence-corrected chi connectivity index (χ3v) is 2.76. The van der Waals surface area contributed by atoms with E-state index in [-0.39, 0.29) is 18.6 Å². The van der Waals surface area contributed by atoms with Gasteiger partial charge < -0.3 is 20.4 Å². The van der Waals surface area contributed by atoms with Crippen molar-refractivity contribution in [2.45, 2.75) is 38.4 Å². The standard InChI is InChI=1S/C12H22N2O4/c1-12(2,18)8-9(15)7-10(16)11(17)14-5-3-13-4-6-14/h10,13,16,18H,3-8H2,1-2H3. The van der Waals surface area contributed by atoms with Gasteiger partial charge in [0.2, 0.25) is 0 Å². The van der Waals surface area contributed by atoms with Crippen molar-refractivity contribution in [3.8, 4) is 0 Å². The Morgan fingerprint density at radius 3 is 2.39 bits per heavy atom. The fourth-order valence-corrected chi connectivity index (χ4v) is 1.95. The molecule has 18 heavy (non-hydrogen) atoms. The van der Waals surface area contributed by atoms with Crippen molar-refractivity contribution in [2.75, 3.05) is 26.2 Å². The van der Waals surface area contributed by atoms with Crippen LogP contribution < -0.4 is 5.32 Å². The second-order valence-corrected chi connectivity index (χ2v) is 5.32. The molecule has 0 aromatic rings. The number of piperazine rings is 1. The summed E-state index contributed by atoms with van der Waals surface area (Å²) in [5.41, 5.74) is -1.10. The number of carbonyl (C=O) groups is 2. The lowest BCUT2D eigenvalue weighted by molar-refractivity contribution is -0.144. The third kappa shape index (κ3) is 5.12. The first kappa shape index (κ1) is 15.1. The minimum Gasteiger partial charge on any atom is -0.390 e. The molecule has 1 aliphatic rings. The second-order valence-electron chi connectivity index (χ2n) is 5.32. The quantitative estimate of drug-likeness (QED) is 0.582. The summed E-state index contributed by atoms with van der Waals surface area (Å²) < 4.78 is 0. The Morgan fingerprint density at radius 2 is 1.89 bits per heavy atom. The molecule has 0 bridgehead atoms. The summed E-state index contributed by atoms with van der Waals surface area (Å²) in [5.74, 6) is -0.709. The third-order valence-electron chi connectivity index (χ3n) is 2.76. The summed E-state index contributed by atoms with van der Waals surface area (Å²) in [6.07, 6.45) is -1.58. The van der Waals surface area contributed by atoms with Crippen LogP contribution in [0.5, 0.6) is 0 Å². The molecule has 0 aliphatic carbocycles. The average Bonchev–Trinajstić information content (AvgIpc) is 2.26. The Morgan fingerprint density at radius 1 is 1.33 bits per heavy atom. The van der Waals surface area contributed by atoms with Crippen LogP contribution in [0.2, 0.25) is 0 Å². The fraction of sp³-hybridized carbons (Fsp3) is 0.833. The van der Waals surface area contributed by atoms with Crippen molar-refractivity contribution >= 4 is 11.7 Å². The van der Waals surface area contributed by atoms with Gasteiger partial charge in [0, 0.05) is 39.0 Å². The molecule has 1 aliphatic heterocycles. The number of aliphatic hydroxyl groups is 2. The summed E-state index contributed by atoms with van der Waals surface area (Å²) in [6.45, 7) is 5.56. The Hall–Kier alpha value is -0.980. The Bertz CT molecular complexity index is 306. The monoisotopic (exact) mass is 258 g/mol. The highest BCUT2D eigenvalue weighted by atomic mass is 16.3. The summed E-state index contributed by atoms with van der Waals surface area (Å²) in [6, 6.07) is 0. The van der Waals surface area contributed by atoms with E-state index in [1.54, 1.807) is 4.90 Å². The normalized spacial score (nSPS) is 18.6. The molecule has 1 heterocycles. The van der Waals surface area contributed by atoms with Crippen molar-refractivity contribution in [1.29, 1.82) is 0 Å². The zero-order valence-corrected chi connectivity index (χ0v) is 11.0. The van der Waals surface area contributed by atoms with Gasteiger partial charge in [0.1, 0.15) is 11.9 Å². The molecule has 6 nitrogen and oxygen atoms in total. The fourth-order valence-electron chi connectivity index (χ4n) is 1.95. The van der Waals surface area contributed by atoms with Gasteiger partial charge in [0.15, 0.2) is 0 Å². The molecule has 0 aromatic carbocycles. The maximum absolute atomic E-state index is 11.8.